The number of fused-ring (bicyclic) bond motifs is 1. The lowest BCUT2D eigenvalue weighted by molar-refractivity contribution is 0.122. The minimum atomic E-state index is 0.135. The molecule has 1 saturated heterocycles. The second-order valence-corrected chi connectivity index (χ2v) is 6.27. The van der Waals surface area contributed by atoms with Gasteiger partial charge in [0.25, 0.3) is 0 Å². The topological polar surface area (TPSA) is 55.9 Å². The van der Waals surface area contributed by atoms with Gasteiger partial charge >= 0.3 is 0 Å². The number of hydrogen-bond acceptors (Lipinski definition) is 6. The number of nitrogens with zero attached hydrogens (tertiary/aromatic N) is 2. The zero-order valence-electron chi connectivity index (χ0n) is 14.4. The number of pyridine rings is 1. The molecule has 0 spiro atoms. The number of nitrogens with one attached hydrogen (secondary N) is 1. The van der Waals surface area contributed by atoms with Crippen molar-refractivity contribution in [1.29, 1.82) is 0 Å². The normalized spacial score (nSPS) is 17.9. The third-order valence-electron chi connectivity index (χ3n) is 4.54. The van der Waals surface area contributed by atoms with E-state index in [0.29, 0.717) is 19.0 Å². The minimum Gasteiger partial charge on any atom is -0.486 e. The van der Waals surface area contributed by atoms with Gasteiger partial charge in [-0.15, -0.1) is 0 Å². The average Bonchev–Trinajstić information content (AvgIpc) is 2.69. The summed E-state index contributed by atoms with van der Waals surface area (Å²) >= 11 is 0. The third kappa shape index (κ3) is 3.64. The second kappa shape index (κ2) is 7.19. The molecular weight excluding hydrogens is 318 g/mol. The molecule has 1 fully saturated rings. The second-order valence-electron chi connectivity index (χ2n) is 6.27. The van der Waals surface area contributed by atoms with Crippen molar-refractivity contribution in [3.63, 3.8) is 0 Å². The SMILES string of the molecule is CC(Nc1cc2c(cn1)OCCO2)c1cccc(N2CCOCC2)c1. The zero-order chi connectivity index (χ0) is 17.1. The van der Waals surface area contributed by atoms with Gasteiger partial charge in [-0.25, -0.2) is 4.98 Å². The van der Waals surface area contributed by atoms with E-state index in [0.717, 1.165) is 37.9 Å². The van der Waals surface area contributed by atoms with Crippen LogP contribution >= 0.6 is 0 Å². The van der Waals surface area contributed by atoms with Crippen LogP contribution in [-0.2, 0) is 4.74 Å². The van der Waals surface area contributed by atoms with Gasteiger partial charge in [0, 0.05) is 24.8 Å². The Labute approximate surface area is 147 Å². The van der Waals surface area contributed by atoms with Crippen LogP contribution in [0.4, 0.5) is 11.5 Å². The number of hydrogen-bond donors (Lipinski definition) is 1. The van der Waals surface area contributed by atoms with Crippen LogP contribution in [0.25, 0.3) is 0 Å². The maximum atomic E-state index is 5.63. The molecule has 1 atom stereocenters. The standard InChI is InChI=1S/C19H23N3O3/c1-14(21-19-12-17-18(13-20-19)25-10-9-24-17)15-3-2-4-16(11-15)22-5-7-23-8-6-22/h2-4,11-14H,5-10H2,1H3,(H,20,21). The molecule has 0 amide bonds. The number of ether oxygens (including phenoxy) is 3. The summed E-state index contributed by atoms with van der Waals surface area (Å²) in [6.45, 7) is 6.75. The van der Waals surface area contributed by atoms with E-state index in [-0.39, 0.29) is 6.04 Å². The van der Waals surface area contributed by atoms with Crippen molar-refractivity contribution in [2.75, 3.05) is 49.7 Å². The summed E-state index contributed by atoms with van der Waals surface area (Å²) in [7, 11) is 0. The maximum absolute atomic E-state index is 5.63. The first-order valence-corrected chi connectivity index (χ1v) is 8.74. The molecule has 2 aliphatic heterocycles. The van der Waals surface area contributed by atoms with E-state index in [1.165, 1.54) is 11.3 Å². The average molecular weight is 341 g/mol. The molecule has 0 bridgehead atoms. The Morgan fingerprint density at radius 1 is 1.04 bits per heavy atom. The molecule has 3 heterocycles. The Morgan fingerprint density at radius 2 is 1.84 bits per heavy atom. The predicted octanol–water partition coefficient (Wildman–Crippen LogP) is 2.86. The van der Waals surface area contributed by atoms with Gasteiger partial charge < -0.3 is 24.4 Å². The zero-order valence-corrected chi connectivity index (χ0v) is 14.4. The van der Waals surface area contributed by atoms with Crippen molar-refractivity contribution in [3.8, 4) is 11.5 Å². The van der Waals surface area contributed by atoms with E-state index in [9.17, 15) is 0 Å². The molecule has 0 saturated carbocycles. The summed E-state index contributed by atoms with van der Waals surface area (Å²) in [5.41, 5.74) is 2.46. The molecule has 1 unspecified atom stereocenters. The van der Waals surface area contributed by atoms with E-state index in [1.54, 1.807) is 6.20 Å². The molecule has 1 N–H and O–H groups in total. The van der Waals surface area contributed by atoms with Crippen LogP contribution in [0.1, 0.15) is 18.5 Å². The van der Waals surface area contributed by atoms with E-state index in [4.69, 9.17) is 14.2 Å². The van der Waals surface area contributed by atoms with Crippen LogP contribution in [0.15, 0.2) is 36.5 Å². The van der Waals surface area contributed by atoms with Gasteiger partial charge in [0.05, 0.1) is 25.5 Å². The van der Waals surface area contributed by atoms with Crippen molar-refractivity contribution < 1.29 is 14.2 Å². The van der Waals surface area contributed by atoms with Crippen molar-refractivity contribution in [3.05, 3.63) is 42.1 Å². The summed E-state index contributed by atoms with van der Waals surface area (Å²) < 4.78 is 16.6. The molecule has 1 aromatic carbocycles. The summed E-state index contributed by atoms with van der Waals surface area (Å²) in [5, 5.41) is 3.45. The van der Waals surface area contributed by atoms with Gasteiger partial charge in [-0.05, 0) is 24.6 Å². The lowest BCUT2D eigenvalue weighted by atomic mass is 10.1. The highest BCUT2D eigenvalue weighted by molar-refractivity contribution is 5.53. The maximum Gasteiger partial charge on any atom is 0.179 e. The molecule has 2 aromatic rings. The van der Waals surface area contributed by atoms with Crippen LogP contribution in [0.5, 0.6) is 11.5 Å². The summed E-state index contributed by atoms with van der Waals surface area (Å²) in [4.78, 5) is 6.79. The Hall–Kier alpha value is -2.47. The quantitative estimate of drug-likeness (QED) is 0.923. The molecule has 6 heteroatoms. The molecule has 1 aromatic heterocycles. The molecule has 2 aliphatic rings. The fourth-order valence-electron chi connectivity index (χ4n) is 3.15. The molecule has 0 aliphatic carbocycles. The molecule has 6 nitrogen and oxygen atoms in total. The third-order valence-corrected chi connectivity index (χ3v) is 4.54. The molecular formula is C19H23N3O3. The predicted molar refractivity (Wildman–Crippen MR) is 96.7 cm³/mol. The number of rotatable bonds is 4. The highest BCUT2D eigenvalue weighted by atomic mass is 16.6. The van der Waals surface area contributed by atoms with Gasteiger partial charge in [-0.3, -0.25) is 0 Å². The van der Waals surface area contributed by atoms with Gasteiger partial charge in [0.1, 0.15) is 19.0 Å². The van der Waals surface area contributed by atoms with Gasteiger partial charge in [-0.1, -0.05) is 12.1 Å². The lowest BCUT2D eigenvalue weighted by Crippen LogP contribution is -2.36. The first-order chi connectivity index (χ1) is 12.3. The Bertz CT molecular complexity index is 732. The van der Waals surface area contributed by atoms with Crippen LogP contribution < -0.4 is 19.7 Å². The fraction of sp³-hybridized carbons (Fsp3) is 0.421. The smallest absolute Gasteiger partial charge is 0.179 e. The van der Waals surface area contributed by atoms with E-state index < -0.39 is 0 Å². The number of benzene rings is 1. The molecule has 132 valence electrons. The van der Waals surface area contributed by atoms with Crippen LogP contribution in [0.3, 0.4) is 0 Å². The van der Waals surface area contributed by atoms with Crippen molar-refractivity contribution in [2.45, 2.75) is 13.0 Å². The largest absolute Gasteiger partial charge is 0.486 e. The van der Waals surface area contributed by atoms with Gasteiger partial charge in [-0.2, -0.15) is 0 Å². The van der Waals surface area contributed by atoms with Crippen molar-refractivity contribution in [2.24, 2.45) is 0 Å². The number of anilines is 2. The molecule has 4 rings (SSSR count). The fourth-order valence-corrected chi connectivity index (χ4v) is 3.15. The van der Waals surface area contributed by atoms with E-state index in [2.05, 4.69) is 46.4 Å². The van der Waals surface area contributed by atoms with Crippen molar-refractivity contribution in [1.82, 2.24) is 4.98 Å². The Balaban J connectivity index is 1.48. The summed E-state index contributed by atoms with van der Waals surface area (Å²) in [6.07, 6.45) is 1.72. The highest BCUT2D eigenvalue weighted by Crippen LogP contribution is 2.32. The number of aromatic nitrogens is 1. The monoisotopic (exact) mass is 341 g/mol. The van der Waals surface area contributed by atoms with Gasteiger partial charge in [0.15, 0.2) is 11.5 Å². The van der Waals surface area contributed by atoms with E-state index >= 15 is 0 Å². The Morgan fingerprint density at radius 3 is 2.68 bits per heavy atom. The summed E-state index contributed by atoms with van der Waals surface area (Å²) in [6, 6.07) is 10.7. The Kier molecular flexibility index (Phi) is 4.61. The first-order valence-electron chi connectivity index (χ1n) is 8.74. The van der Waals surface area contributed by atoms with Crippen LogP contribution in [0, 0.1) is 0 Å². The summed E-state index contributed by atoms with van der Waals surface area (Å²) in [5.74, 6) is 2.24. The highest BCUT2D eigenvalue weighted by Gasteiger charge is 2.16. The first kappa shape index (κ1) is 16.0. The van der Waals surface area contributed by atoms with Gasteiger partial charge in [0.2, 0.25) is 0 Å². The van der Waals surface area contributed by atoms with Crippen molar-refractivity contribution >= 4 is 11.5 Å². The number of morpholine rings is 1. The minimum absolute atomic E-state index is 0.135. The van der Waals surface area contributed by atoms with Crippen LogP contribution in [-0.4, -0.2) is 44.5 Å². The molecule has 0 radical (unpaired) electrons. The van der Waals surface area contributed by atoms with E-state index in [1.807, 2.05) is 6.07 Å². The molecule has 25 heavy (non-hydrogen) atoms. The van der Waals surface area contributed by atoms with Crippen LogP contribution in [0.2, 0.25) is 0 Å². The lowest BCUT2D eigenvalue weighted by Gasteiger charge is -2.29.